The molecular weight excluding hydrogens is 386 g/mol. The summed E-state index contributed by atoms with van der Waals surface area (Å²) in [5.41, 5.74) is 3.17. The minimum Gasteiger partial charge on any atom is -0.328 e. The third-order valence-electron chi connectivity index (χ3n) is 6.17. The van der Waals surface area contributed by atoms with Gasteiger partial charge in [0.05, 0.1) is 17.7 Å². The molecule has 1 amide bonds. The Balaban J connectivity index is 1.61. The van der Waals surface area contributed by atoms with Gasteiger partial charge < -0.3 is 5.32 Å². The lowest BCUT2D eigenvalue weighted by Crippen LogP contribution is -2.46. The van der Waals surface area contributed by atoms with Crippen molar-refractivity contribution < 1.29 is 4.79 Å². The molecule has 2 aromatic rings. The van der Waals surface area contributed by atoms with Gasteiger partial charge in [-0.25, -0.2) is 0 Å². The molecule has 1 saturated carbocycles. The van der Waals surface area contributed by atoms with Crippen LogP contribution in [0.1, 0.15) is 56.1 Å². The Kier molecular flexibility index (Phi) is 6.55. The second kappa shape index (κ2) is 9.69. The highest BCUT2D eigenvalue weighted by Gasteiger charge is 2.29. The van der Waals surface area contributed by atoms with Crippen LogP contribution in [0, 0.1) is 16.7 Å². The summed E-state index contributed by atoms with van der Waals surface area (Å²) in [5, 5.41) is 19.6. The lowest BCUT2D eigenvalue weighted by atomic mass is 9.86. The zero-order valence-corrected chi connectivity index (χ0v) is 17.7. The van der Waals surface area contributed by atoms with Crippen molar-refractivity contribution in [2.45, 2.75) is 51.1 Å². The maximum atomic E-state index is 12.8. The molecule has 0 aromatic heterocycles. The van der Waals surface area contributed by atoms with Crippen LogP contribution in [0.15, 0.2) is 59.6 Å². The lowest BCUT2D eigenvalue weighted by molar-refractivity contribution is -0.121. The molecule has 160 valence electrons. The van der Waals surface area contributed by atoms with Crippen molar-refractivity contribution in [2.24, 2.45) is 10.9 Å². The smallest absolute Gasteiger partial charge is 0.221 e. The van der Waals surface area contributed by atoms with Crippen LogP contribution in [0.4, 0.5) is 5.69 Å². The first-order chi connectivity index (χ1) is 15.2. The predicted octanol–water partition coefficient (Wildman–Crippen LogP) is 4.73. The van der Waals surface area contributed by atoms with Crippen LogP contribution < -0.4 is 10.2 Å². The molecule has 31 heavy (non-hydrogen) atoms. The quantitative estimate of drug-likeness (QED) is 0.470. The summed E-state index contributed by atoms with van der Waals surface area (Å²) in [4.78, 5) is 19.1. The molecule has 1 aliphatic heterocycles. The van der Waals surface area contributed by atoms with Gasteiger partial charge in [-0.05, 0) is 18.4 Å². The van der Waals surface area contributed by atoms with Gasteiger partial charge in [0.25, 0.3) is 0 Å². The second-order valence-electron chi connectivity index (χ2n) is 8.26. The number of nitrogens with one attached hydrogen (secondary N) is 3. The maximum absolute atomic E-state index is 12.8. The molecule has 3 N–H and O–H groups in total. The van der Waals surface area contributed by atoms with Crippen LogP contribution in [0.25, 0.3) is 0 Å². The SMILES string of the molecule is N=CN1C(=N)C(NC(=O)CCC2CCCCC2)N=C(c2ccccc2)c2ccccc21. The average Bonchev–Trinajstić information content (AvgIpc) is 2.93. The molecule has 0 spiro atoms. The van der Waals surface area contributed by atoms with E-state index in [0.717, 1.165) is 23.9 Å². The van der Waals surface area contributed by atoms with Crippen molar-refractivity contribution in [1.82, 2.24) is 5.32 Å². The predicted molar refractivity (Wildman–Crippen MR) is 125 cm³/mol. The van der Waals surface area contributed by atoms with Gasteiger partial charge >= 0.3 is 0 Å². The molecule has 1 aliphatic carbocycles. The van der Waals surface area contributed by atoms with E-state index in [9.17, 15) is 4.79 Å². The van der Waals surface area contributed by atoms with Gasteiger partial charge in [-0.1, -0.05) is 80.6 Å². The Morgan fingerprint density at radius 1 is 1.06 bits per heavy atom. The second-order valence-corrected chi connectivity index (χ2v) is 8.26. The van der Waals surface area contributed by atoms with E-state index in [2.05, 4.69) is 5.32 Å². The first-order valence-electron chi connectivity index (χ1n) is 11.1. The fourth-order valence-corrected chi connectivity index (χ4v) is 4.51. The number of aliphatic imine (C=N–C) groups is 1. The molecule has 1 fully saturated rings. The van der Waals surface area contributed by atoms with Crippen molar-refractivity contribution in [3.05, 3.63) is 65.7 Å². The van der Waals surface area contributed by atoms with E-state index in [1.54, 1.807) is 0 Å². The van der Waals surface area contributed by atoms with Crippen molar-refractivity contribution in [2.75, 3.05) is 4.90 Å². The number of hydrogen-bond acceptors (Lipinski definition) is 4. The van der Waals surface area contributed by atoms with Crippen LogP contribution in [0.5, 0.6) is 0 Å². The van der Waals surface area contributed by atoms with E-state index in [1.165, 1.54) is 37.0 Å². The number of carbonyl (C=O) groups excluding carboxylic acids is 1. The van der Waals surface area contributed by atoms with Gasteiger partial charge in [0.15, 0.2) is 12.0 Å². The lowest BCUT2D eigenvalue weighted by Gasteiger charge is -2.24. The molecule has 2 aliphatic rings. The average molecular weight is 416 g/mol. The van der Waals surface area contributed by atoms with E-state index in [1.807, 2.05) is 54.6 Å². The number of fused-ring (bicyclic) bond motifs is 1. The Labute approximate surface area is 183 Å². The summed E-state index contributed by atoms with van der Waals surface area (Å²) >= 11 is 0. The fourth-order valence-electron chi connectivity index (χ4n) is 4.51. The van der Waals surface area contributed by atoms with E-state index < -0.39 is 6.17 Å². The molecule has 4 rings (SSSR count). The maximum Gasteiger partial charge on any atom is 0.221 e. The molecule has 1 atom stereocenters. The number of benzene rings is 2. The summed E-state index contributed by atoms with van der Waals surface area (Å²) in [6.07, 6.45) is 7.85. The first kappa shape index (κ1) is 21.0. The first-order valence-corrected chi connectivity index (χ1v) is 11.1. The minimum absolute atomic E-state index is 0.0689. The molecule has 1 unspecified atom stereocenters. The largest absolute Gasteiger partial charge is 0.328 e. The summed E-state index contributed by atoms with van der Waals surface area (Å²) in [5.74, 6) is 0.602. The minimum atomic E-state index is -0.844. The van der Waals surface area contributed by atoms with Gasteiger partial charge in [-0.3, -0.25) is 25.5 Å². The van der Waals surface area contributed by atoms with Crippen LogP contribution >= 0.6 is 0 Å². The normalized spacial score (nSPS) is 19.2. The van der Waals surface area contributed by atoms with E-state index in [0.29, 0.717) is 23.7 Å². The number of hydrogen-bond donors (Lipinski definition) is 3. The van der Waals surface area contributed by atoms with Gasteiger partial charge in [-0.2, -0.15) is 0 Å². The van der Waals surface area contributed by atoms with Gasteiger partial charge in [0.1, 0.15) is 0 Å². The number of amides is 1. The van der Waals surface area contributed by atoms with E-state index in [4.69, 9.17) is 15.8 Å². The van der Waals surface area contributed by atoms with E-state index >= 15 is 0 Å². The highest BCUT2D eigenvalue weighted by atomic mass is 16.1. The Morgan fingerprint density at radius 2 is 1.77 bits per heavy atom. The molecule has 6 heteroatoms. The Hall–Kier alpha value is -3.28. The number of amidine groups is 1. The molecule has 6 nitrogen and oxygen atoms in total. The van der Waals surface area contributed by atoms with Gasteiger partial charge in [0, 0.05) is 17.5 Å². The molecule has 0 saturated heterocycles. The van der Waals surface area contributed by atoms with E-state index in [-0.39, 0.29) is 11.7 Å². The van der Waals surface area contributed by atoms with Crippen molar-refractivity contribution >= 4 is 29.5 Å². The van der Waals surface area contributed by atoms with Gasteiger partial charge in [0.2, 0.25) is 5.91 Å². The highest BCUT2D eigenvalue weighted by Crippen LogP contribution is 2.29. The molecule has 0 radical (unpaired) electrons. The number of anilines is 1. The monoisotopic (exact) mass is 415 g/mol. The third kappa shape index (κ3) is 4.74. The standard InChI is InChI=1S/C25H29N5O/c26-17-30-21-14-8-7-13-20(21)23(19-11-5-2-6-12-19)29-25(24(30)27)28-22(31)16-15-18-9-3-1-4-10-18/h2,5-8,11-14,17-18,25-27H,1,3-4,9-10,15-16H2,(H,28,31). The topological polar surface area (TPSA) is 92.4 Å². The summed E-state index contributed by atoms with van der Waals surface area (Å²) < 4.78 is 0. The van der Waals surface area contributed by atoms with Crippen LogP contribution in [-0.2, 0) is 4.79 Å². The number of carbonyl (C=O) groups is 1. The summed E-state index contributed by atoms with van der Waals surface area (Å²) in [6, 6.07) is 17.4. The number of nitrogens with zero attached hydrogens (tertiary/aromatic N) is 2. The number of benzodiazepines with no additional fused rings is 1. The Bertz CT molecular complexity index is 978. The number of rotatable bonds is 6. The van der Waals surface area contributed by atoms with Crippen molar-refractivity contribution in [1.29, 1.82) is 10.8 Å². The fraction of sp³-hybridized carbons (Fsp3) is 0.360. The zero-order valence-electron chi connectivity index (χ0n) is 17.7. The van der Waals surface area contributed by atoms with Crippen LogP contribution in [-0.4, -0.2) is 30.0 Å². The van der Waals surface area contributed by atoms with Crippen LogP contribution in [0.3, 0.4) is 0 Å². The zero-order chi connectivity index (χ0) is 21.6. The van der Waals surface area contributed by atoms with Crippen molar-refractivity contribution in [3.63, 3.8) is 0 Å². The molecule has 1 heterocycles. The number of para-hydroxylation sites is 1. The molecule has 2 aromatic carbocycles. The summed E-state index contributed by atoms with van der Waals surface area (Å²) in [6.45, 7) is 0. The molecular formula is C25H29N5O. The van der Waals surface area contributed by atoms with Crippen molar-refractivity contribution in [3.8, 4) is 0 Å². The summed E-state index contributed by atoms with van der Waals surface area (Å²) in [7, 11) is 0. The molecule has 0 bridgehead atoms. The third-order valence-corrected chi connectivity index (χ3v) is 6.17. The highest BCUT2D eigenvalue weighted by molar-refractivity contribution is 6.24. The van der Waals surface area contributed by atoms with Crippen LogP contribution in [0.2, 0.25) is 0 Å². The van der Waals surface area contributed by atoms with Gasteiger partial charge in [-0.15, -0.1) is 0 Å². The Morgan fingerprint density at radius 3 is 2.52 bits per heavy atom.